The van der Waals surface area contributed by atoms with Crippen LogP contribution in [0.3, 0.4) is 0 Å². The molecule has 0 spiro atoms. The Kier molecular flexibility index (Phi) is 3.55. The van der Waals surface area contributed by atoms with E-state index in [1.54, 1.807) is 0 Å². The minimum Gasteiger partial charge on any atom is -0.463 e. The van der Waals surface area contributed by atoms with Gasteiger partial charge in [-0.05, 0) is 69.2 Å². The van der Waals surface area contributed by atoms with Gasteiger partial charge in [0.2, 0.25) is 0 Å². The van der Waals surface area contributed by atoms with Gasteiger partial charge in [-0.1, -0.05) is 19.6 Å². The summed E-state index contributed by atoms with van der Waals surface area (Å²) >= 11 is 0. The van der Waals surface area contributed by atoms with Gasteiger partial charge < -0.3 is 4.74 Å². The molecule has 0 radical (unpaired) electrons. The van der Waals surface area contributed by atoms with Crippen molar-refractivity contribution in [3.8, 4) is 0 Å². The molecule has 4 fully saturated rings. The average Bonchev–Trinajstić information content (AvgIpc) is 2.23. The second-order valence-electron chi connectivity index (χ2n) is 9.18. The third kappa shape index (κ3) is 2.83. The first-order chi connectivity index (χ1) is 9.26. The van der Waals surface area contributed by atoms with E-state index in [0.717, 1.165) is 43.1 Å². The van der Waals surface area contributed by atoms with Crippen LogP contribution in [-0.2, 0) is 9.53 Å². The lowest BCUT2D eigenvalue weighted by Crippen LogP contribution is -2.51. The number of carbonyl (C=O) groups is 1. The van der Waals surface area contributed by atoms with Gasteiger partial charge in [0.05, 0.1) is 11.5 Å². The van der Waals surface area contributed by atoms with Crippen LogP contribution < -0.4 is 0 Å². The summed E-state index contributed by atoms with van der Waals surface area (Å²) in [6, 6.07) is 1.09. The molecule has 0 amide bonds. The van der Waals surface area contributed by atoms with E-state index < -0.39 is 8.07 Å². The number of hydrogen-bond donors (Lipinski definition) is 0. The van der Waals surface area contributed by atoms with Gasteiger partial charge in [-0.2, -0.15) is 0 Å². The Bertz CT molecular complexity index is 361. The molecule has 1 atom stereocenters. The molecular formula is C17H30O2Si. The van der Waals surface area contributed by atoms with Crippen LogP contribution in [0.4, 0.5) is 0 Å². The van der Waals surface area contributed by atoms with Crippen molar-refractivity contribution in [3.63, 3.8) is 0 Å². The van der Waals surface area contributed by atoms with E-state index in [1.807, 2.05) is 0 Å². The van der Waals surface area contributed by atoms with Gasteiger partial charge >= 0.3 is 5.97 Å². The SMILES string of the molecule is CC(C[Si](C)(C)C)OC(=O)C12CC3CC(CC(C3)C1)C2. The van der Waals surface area contributed by atoms with Crippen LogP contribution >= 0.6 is 0 Å². The van der Waals surface area contributed by atoms with Gasteiger partial charge in [-0.3, -0.25) is 4.79 Å². The smallest absolute Gasteiger partial charge is 0.312 e. The summed E-state index contributed by atoms with van der Waals surface area (Å²) in [7, 11) is -1.15. The largest absolute Gasteiger partial charge is 0.463 e. The van der Waals surface area contributed by atoms with Gasteiger partial charge in [0, 0.05) is 8.07 Å². The highest BCUT2D eigenvalue weighted by Crippen LogP contribution is 2.60. The summed E-state index contributed by atoms with van der Waals surface area (Å²) in [5.74, 6) is 2.62. The minimum atomic E-state index is -1.15. The van der Waals surface area contributed by atoms with Crippen LogP contribution in [0.2, 0.25) is 25.7 Å². The van der Waals surface area contributed by atoms with Crippen LogP contribution in [0, 0.1) is 23.2 Å². The number of esters is 1. The van der Waals surface area contributed by atoms with Crippen LogP contribution in [0.15, 0.2) is 0 Å². The zero-order valence-electron chi connectivity index (χ0n) is 13.6. The Morgan fingerprint density at radius 2 is 1.55 bits per heavy atom. The van der Waals surface area contributed by atoms with Gasteiger partial charge in [-0.25, -0.2) is 0 Å². The molecule has 20 heavy (non-hydrogen) atoms. The van der Waals surface area contributed by atoms with Crippen LogP contribution in [0.1, 0.15) is 45.4 Å². The van der Waals surface area contributed by atoms with Crippen molar-refractivity contribution in [2.24, 2.45) is 23.2 Å². The van der Waals surface area contributed by atoms with Gasteiger partial charge in [0.15, 0.2) is 0 Å². The molecule has 0 aromatic rings. The fourth-order valence-electron chi connectivity index (χ4n) is 5.57. The van der Waals surface area contributed by atoms with E-state index in [2.05, 4.69) is 26.6 Å². The molecule has 1 unspecified atom stereocenters. The summed E-state index contributed by atoms with van der Waals surface area (Å²) in [4.78, 5) is 12.8. The molecule has 0 heterocycles. The number of rotatable bonds is 4. The zero-order chi connectivity index (χ0) is 14.5. The predicted molar refractivity (Wildman–Crippen MR) is 84.3 cm³/mol. The Hall–Kier alpha value is -0.313. The Morgan fingerprint density at radius 3 is 1.95 bits per heavy atom. The molecule has 2 nitrogen and oxygen atoms in total. The lowest BCUT2D eigenvalue weighted by molar-refractivity contribution is -0.175. The second kappa shape index (κ2) is 4.86. The number of ether oxygens (including phenoxy) is 1. The van der Waals surface area contributed by atoms with E-state index in [-0.39, 0.29) is 17.5 Å². The van der Waals surface area contributed by atoms with Crippen molar-refractivity contribution in [1.82, 2.24) is 0 Å². The number of hydrogen-bond acceptors (Lipinski definition) is 2. The summed E-state index contributed by atoms with van der Waals surface area (Å²) in [5, 5.41) is 0. The first kappa shape index (κ1) is 14.6. The van der Waals surface area contributed by atoms with Crippen molar-refractivity contribution >= 4 is 14.0 Å². The molecule has 4 aliphatic carbocycles. The van der Waals surface area contributed by atoms with Crippen molar-refractivity contribution in [3.05, 3.63) is 0 Å². The van der Waals surface area contributed by atoms with E-state index >= 15 is 0 Å². The molecule has 0 aromatic carbocycles. The van der Waals surface area contributed by atoms with Gasteiger partial charge in [0.1, 0.15) is 0 Å². The number of carbonyl (C=O) groups excluding carboxylic acids is 1. The van der Waals surface area contributed by atoms with E-state index in [9.17, 15) is 4.79 Å². The molecule has 0 aromatic heterocycles. The minimum absolute atomic E-state index is 0.0809. The van der Waals surface area contributed by atoms with Crippen LogP contribution in [0.5, 0.6) is 0 Å². The third-order valence-electron chi connectivity index (χ3n) is 5.68. The molecule has 3 heteroatoms. The summed E-state index contributed by atoms with van der Waals surface area (Å²) in [6.45, 7) is 9.14. The molecule has 0 aliphatic heterocycles. The highest BCUT2D eigenvalue weighted by Gasteiger charge is 2.55. The Labute approximate surface area is 124 Å². The van der Waals surface area contributed by atoms with Crippen LogP contribution in [0.25, 0.3) is 0 Å². The molecule has 4 rings (SSSR count). The van der Waals surface area contributed by atoms with E-state index in [0.29, 0.717) is 0 Å². The predicted octanol–water partition coefficient (Wildman–Crippen LogP) is 4.47. The average molecular weight is 295 g/mol. The highest BCUT2D eigenvalue weighted by molar-refractivity contribution is 6.76. The standard InChI is InChI=1S/C17H30O2Si/c1-12(11-20(2,3)4)19-16(18)17-8-13-5-14(9-17)7-15(6-13)10-17/h12-15H,5-11H2,1-4H3. The maximum Gasteiger partial charge on any atom is 0.312 e. The second-order valence-corrected chi connectivity index (χ2v) is 14.7. The van der Waals surface area contributed by atoms with Crippen molar-refractivity contribution in [2.75, 3.05) is 0 Å². The molecular weight excluding hydrogens is 264 g/mol. The molecule has 0 saturated heterocycles. The third-order valence-corrected chi connectivity index (χ3v) is 7.48. The van der Waals surface area contributed by atoms with E-state index in [1.165, 1.54) is 19.3 Å². The summed E-state index contributed by atoms with van der Waals surface area (Å²) in [5.41, 5.74) is -0.0809. The Balaban J connectivity index is 1.65. The molecule has 4 saturated carbocycles. The topological polar surface area (TPSA) is 26.3 Å². The van der Waals surface area contributed by atoms with Crippen LogP contribution in [-0.4, -0.2) is 20.1 Å². The van der Waals surface area contributed by atoms with Crippen molar-refractivity contribution < 1.29 is 9.53 Å². The maximum absolute atomic E-state index is 12.8. The fraction of sp³-hybridized carbons (Fsp3) is 0.941. The molecule has 4 bridgehead atoms. The Morgan fingerprint density at radius 1 is 1.10 bits per heavy atom. The molecule has 0 N–H and O–H groups in total. The van der Waals surface area contributed by atoms with Crippen molar-refractivity contribution in [1.29, 1.82) is 0 Å². The van der Waals surface area contributed by atoms with Crippen molar-refractivity contribution in [2.45, 2.75) is 77.2 Å². The monoisotopic (exact) mass is 294 g/mol. The molecule has 4 aliphatic rings. The first-order valence-electron chi connectivity index (χ1n) is 8.47. The van der Waals surface area contributed by atoms with E-state index in [4.69, 9.17) is 4.74 Å². The zero-order valence-corrected chi connectivity index (χ0v) is 14.6. The molecule has 114 valence electrons. The maximum atomic E-state index is 12.8. The lowest BCUT2D eigenvalue weighted by Gasteiger charge is -2.55. The first-order valence-corrected chi connectivity index (χ1v) is 12.2. The fourth-order valence-corrected chi connectivity index (χ4v) is 7.38. The van der Waals surface area contributed by atoms with Gasteiger partial charge in [-0.15, -0.1) is 0 Å². The van der Waals surface area contributed by atoms with Gasteiger partial charge in [0.25, 0.3) is 0 Å². The quantitative estimate of drug-likeness (QED) is 0.565. The summed E-state index contributed by atoms with van der Waals surface area (Å²) in [6.07, 6.45) is 7.64. The normalized spacial score (nSPS) is 40.7. The highest BCUT2D eigenvalue weighted by atomic mass is 28.3. The summed E-state index contributed by atoms with van der Waals surface area (Å²) < 4.78 is 5.91. The lowest BCUT2D eigenvalue weighted by atomic mass is 9.49.